The molecule has 2 aromatic heterocycles. The Kier molecular flexibility index (Phi) is 4.79. The number of hydrogen-bond donors (Lipinski definition) is 1. The molecular weight excluding hydrogens is 438 g/mol. The summed E-state index contributed by atoms with van der Waals surface area (Å²) in [7, 11) is -0.534. The maximum Gasteiger partial charge on any atom is 0.328 e. The predicted molar refractivity (Wildman–Crippen MR) is 130 cm³/mol. The smallest absolute Gasteiger partial charge is 0.328 e. The molecule has 0 amide bonds. The highest BCUT2D eigenvalue weighted by Gasteiger charge is 2.31. The molecule has 1 aliphatic carbocycles. The van der Waals surface area contributed by atoms with Crippen molar-refractivity contribution in [1.82, 2.24) is 9.13 Å². The number of aryl methyl sites for hydroxylation is 3. The number of benzene rings is 2. The fourth-order valence-corrected chi connectivity index (χ4v) is 6.02. The van der Waals surface area contributed by atoms with E-state index in [1.54, 1.807) is 26.2 Å². The topological polar surface area (TPSA) is 86.2 Å². The Morgan fingerprint density at radius 2 is 1.76 bits per heavy atom. The zero-order chi connectivity index (χ0) is 23.7. The van der Waals surface area contributed by atoms with Crippen LogP contribution in [0, 0.1) is 11.3 Å². The molecule has 5 rings (SSSR count). The number of nitrogens with one attached hydrogen (secondary N) is 1. The first-order valence-corrected chi connectivity index (χ1v) is 12.7. The standard InChI is InChI=1S/C25H29N3O4S/c1-25(2,3)15-6-10-22-18(12-15)19-13-16(7-11-23(19)32-22)26-33(30,31)17-8-9-20-21(14-17)28(5)24(29)27(20)4/h7-9,11,13-15,26H,6,10,12H2,1-5H3/t15-/m0/s1. The zero-order valence-electron chi connectivity index (χ0n) is 19.6. The van der Waals surface area contributed by atoms with Crippen molar-refractivity contribution in [2.75, 3.05) is 4.72 Å². The van der Waals surface area contributed by atoms with Crippen molar-refractivity contribution >= 4 is 37.7 Å². The van der Waals surface area contributed by atoms with Gasteiger partial charge in [-0.15, -0.1) is 0 Å². The number of furan rings is 1. The molecule has 33 heavy (non-hydrogen) atoms. The van der Waals surface area contributed by atoms with Crippen LogP contribution in [0.2, 0.25) is 0 Å². The summed E-state index contributed by atoms with van der Waals surface area (Å²) in [6.07, 6.45) is 2.93. The molecule has 174 valence electrons. The lowest BCUT2D eigenvalue weighted by molar-refractivity contribution is 0.210. The van der Waals surface area contributed by atoms with Gasteiger partial charge in [-0.3, -0.25) is 13.9 Å². The minimum absolute atomic E-state index is 0.110. The molecule has 0 bridgehead atoms. The van der Waals surface area contributed by atoms with Gasteiger partial charge in [0.25, 0.3) is 10.0 Å². The van der Waals surface area contributed by atoms with Crippen LogP contribution in [-0.2, 0) is 37.0 Å². The van der Waals surface area contributed by atoms with E-state index in [0.29, 0.717) is 22.6 Å². The third-order valence-corrected chi connectivity index (χ3v) is 8.45. The van der Waals surface area contributed by atoms with Crippen molar-refractivity contribution in [3.8, 4) is 0 Å². The minimum Gasteiger partial charge on any atom is -0.461 e. The van der Waals surface area contributed by atoms with Crippen molar-refractivity contribution in [1.29, 1.82) is 0 Å². The van der Waals surface area contributed by atoms with Crippen LogP contribution >= 0.6 is 0 Å². The van der Waals surface area contributed by atoms with Gasteiger partial charge in [0, 0.05) is 37.2 Å². The second kappa shape index (κ2) is 7.25. The Labute approximate surface area is 193 Å². The first-order chi connectivity index (χ1) is 15.5. The van der Waals surface area contributed by atoms with Crippen LogP contribution in [0.15, 0.2) is 50.5 Å². The minimum atomic E-state index is -3.84. The van der Waals surface area contributed by atoms with E-state index in [2.05, 4.69) is 25.5 Å². The highest BCUT2D eigenvalue weighted by atomic mass is 32.2. The van der Waals surface area contributed by atoms with E-state index >= 15 is 0 Å². The maximum atomic E-state index is 13.2. The van der Waals surface area contributed by atoms with Crippen LogP contribution in [0.4, 0.5) is 5.69 Å². The van der Waals surface area contributed by atoms with Gasteiger partial charge in [0.05, 0.1) is 15.9 Å². The highest BCUT2D eigenvalue weighted by molar-refractivity contribution is 7.92. The summed E-state index contributed by atoms with van der Waals surface area (Å²) in [5.74, 6) is 1.57. The number of rotatable bonds is 3. The number of anilines is 1. The summed E-state index contributed by atoms with van der Waals surface area (Å²) < 4.78 is 38.1. The van der Waals surface area contributed by atoms with Crippen LogP contribution in [0.3, 0.4) is 0 Å². The zero-order valence-corrected chi connectivity index (χ0v) is 20.4. The van der Waals surface area contributed by atoms with Gasteiger partial charge in [-0.1, -0.05) is 20.8 Å². The second-order valence-electron chi connectivity index (χ2n) is 10.2. The number of nitrogens with zero attached hydrogens (tertiary/aromatic N) is 2. The molecule has 7 nitrogen and oxygen atoms in total. The molecule has 0 unspecified atom stereocenters. The van der Waals surface area contributed by atoms with Gasteiger partial charge in [0.15, 0.2) is 0 Å². The predicted octanol–water partition coefficient (Wildman–Crippen LogP) is 4.58. The summed E-state index contributed by atoms with van der Waals surface area (Å²) >= 11 is 0. The number of imidazole rings is 1. The number of aromatic nitrogens is 2. The number of hydrogen-bond acceptors (Lipinski definition) is 4. The Balaban J connectivity index is 1.51. The van der Waals surface area contributed by atoms with E-state index in [1.807, 2.05) is 12.1 Å². The fourth-order valence-electron chi connectivity index (χ4n) is 4.95. The summed E-state index contributed by atoms with van der Waals surface area (Å²) in [6, 6.07) is 10.2. The summed E-state index contributed by atoms with van der Waals surface area (Å²) in [5.41, 5.74) is 3.73. The molecule has 8 heteroatoms. The van der Waals surface area contributed by atoms with Crippen LogP contribution in [0.25, 0.3) is 22.0 Å². The van der Waals surface area contributed by atoms with Gasteiger partial charge in [-0.2, -0.15) is 0 Å². The van der Waals surface area contributed by atoms with Gasteiger partial charge in [-0.25, -0.2) is 13.2 Å². The molecule has 0 spiro atoms. The third-order valence-electron chi connectivity index (χ3n) is 7.08. The SMILES string of the molecule is Cn1c(=O)n(C)c2cc(S(=O)(=O)Nc3ccc4oc5c(c4c3)C[C@@H](C(C)(C)C)CC5)ccc21. The Morgan fingerprint density at radius 3 is 2.48 bits per heavy atom. The molecule has 4 aromatic rings. The maximum absolute atomic E-state index is 13.2. The lowest BCUT2D eigenvalue weighted by Gasteiger charge is -2.33. The molecule has 2 heterocycles. The number of sulfonamides is 1. The molecule has 0 saturated carbocycles. The van der Waals surface area contributed by atoms with Gasteiger partial charge in [-0.05, 0) is 60.6 Å². The Bertz CT molecular complexity index is 1570. The van der Waals surface area contributed by atoms with Gasteiger partial charge in [0.2, 0.25) is 0 Å². The third kappa shape index (κ3) is 3.57. The average molecular weight is 468 g/mol. The van der Waals surface area contributed by atoms with E-state index in [4.69, 9.17) is 4.42 Å². The monoisotopic (exact) mass is 467 g/mol. The lowest BCUT2D eigenvalue weighted by Crippen LogP contribution is -2.26. The van der Waals surface area contributed by atoms with Gasteiger partial charge in [0.1, 0.15) is 11.3 Å². The van der Waals surface area contributed by atoms with Gasteiger partial charge < -0.3 is 4.42 Å². The molecule has 0 saturated heterocycles. The molecule has 1 aliphatic rings. The quantitative estimate of drug-likeness (QED) is 0.478. The fraction of sp³-hybridized carbons (Fsp3) is 0.400. The average Bonchev–Trinajstić information content (AvgIpc) is 3.23. The normalized spacial score (nSPS) is 16.9. The van der Waals surface area contributed by atoms with Crippen LogP contribution in [0.5, 0.6) is 0 Å². The van der Waals surface area contributed by atoms with E-state index in [1.165, 1.54) is 26.8 Å². The van der Waals surface area contributed by atoms with Crippen molar-refractivity contribution in [3.63, 3.8) is 0 Å². The molecule has 2 aromatic carbocycles. The highest BCUT2D eigenvalue weighted by Crippen LogP contribution is 2.41. The Morgan fingerprint density at radius 1 is 1.03 bits per heavy atom. The first kappa shape index (κ1) is 21.8. The van der Waals surface area contributed by atoms with E-state index in [0.717, 1.165) is 36.0 Å². The lowest BCUT2D eigenvalue weighted by atomic mass is 9.71. The van der Waals surface area contributed by atoms with Crippen molar-refractivity contribution in [2.45, 2.75) is 44.9 Å². The summed E-state index contributed by atoms with van der Waals surface area (Å²) in [5, 5.41) is 0.972. The second-order valence-corrected chi connectivity index (χ2v) is 11.9. The van der Waals surface area contributed by atoms with E-state index in [9.17, 15) is 13.2 Å². The molecular formula is C25H29N3O4S. The Hall–Kier alpha value is -3.00. The van der Waals surface area contributed by atoms with Crippen molar-refractivity contribution in [2.24, 2.45) is 25.4 Å². The van der Waals surface area contributed by atoms with Crippen molar-refractivity contribution < 1.29 is 12.8 Å². The largest absolute Gasteiger partial charge is 0.461 e. The van der Waals surface area contributed by atoms with Crippen LogP contribution in [0.1, 0.15) is 38.5 Å². The van der Waals surface area contributed by atoms with Crippen LogP contribution in [-0.4, -0.2) is 17.6 Å². The van der Waals surface area contributed by atoms with Crippen LogP contribution < -0.4 is 10.4 Å². The van der Waals surface area contributed by atoms with E-state index < -0.39 is 10.0 Å². The van der Waals surface area contributed by atoms with Gasteiger partial charge >= 0.3 is 5.69 Å². The van der Waals surface area contributed by atoms with Crippen molar-refractivity contribution in [3.05, 3.63) is 58.2 Å². The number of fused-ring (bicyclic) bond motifs is 4. The molecule has 1 N–H and O–H groups in total. The molecule has 0 radical (unpaired) electrons. The van der Waals surface area contributed by atoms with E-state index in [-0.39, 0.29) is 16.0 Å². The first-order valence-electron chi connectivity index (χ1n) is 11.2. The molecule has 1 atom stereocenters. The summed E-state index contributed by atoms with van der Waals surface area (Å²) in [6.45, 7) is 6.80. The molecule has 0 fully saturated rings. The molecule has 0 aliphatic heterocycles. The summed E-state index contributed by atoms with van der Waals surface area (Å²) in [4.78, 5) is 12.3.